The maximum absolute atomic E-state index is 11.1. The molecule has 0 amide bonds. The number of aliphatic carboxylic acids is 1. The lowest BCUT2D eigenvalue weighted by Gasteiger charge is -2.19. The fourth-order valence-corrected chi connectivity index (χ4v) is 2.21. The predicted octanol–water partition coefficient (Wildman–Crippen LogP) is 3.64. The average Bonchev–Trinajstić information content (AvgIpc) is 2.41. The molecule has 0 aromatic heterocycles. The van der Waals surface area contributed by atoms with Crippen molar-refractivity contribution in [1.82, 2.24) is 0 Å². The summed E-state index contributed by atoms with van der Waals surface area (Å²) in [6, 6.07) is 0. The maximum atomic E-state index is 11.1. The largest absolute Gasteiger partial charge is 0.478 e. The zero-order chi connectivity index (χ0) is 15.7. The van der Waals surface area contributed by atoms with Gasteiger partial charge in [0.15, 0.2) is 0 Å². The number of esters is 1. The second kappa shape index (κ2) is 9.16. The first-order chi connectivity index (χ1) is 9.97. The van der Waals surface area contributed by atoms with E-state index in [4.69, 9.17) is 9.84 Å². The molecule has 1 rings (SSSR count). The Balaban J connectivity index is 2.19. The number of ether oxygens (including phenoxy) is 1. The number of carbonyl (C=O) groups is 2. The molecule has 1 aliphatic rings. The Labute approximate surface area is 126 Å². The first kappa shape index (κ1) is 17.2. The molecule has 116 valence electrons. The summed E-state index contributed by atoms with van der Waals surface area (Å²) in [5.41, 5.74) is 0.876. The highest BCUT2D eigenvalue weighted by Crippen LogP contribution is 2.17. The van der Waals surface area contributed by atoms with Gasteiger partial charge in [-0.25, -0.2) is 9.59 Å². The van der Waals surface area contributed by atoms with Gasteiger partial charge < -0.3 is 9.84 Å². The Morgan fingerprint density at radius 3 is 3.00 bits per heavy atom. The van der Waals surface area contributed by atoms with E-state index in [-0.39, 0.29) is 12.1 Å². The Hall–Kier alpha value is -1.84. The van der Waals surface area contributed by atoms with E-state index < -0.39 is 5.97 Å². The lowest BCUT2D eigenvalue weighted by atomic mass is 9.99. The van der Waals surface area contributed by atoms with Crippen LogP contribution in [0, 0.1) is 5.92 Å². The summed E-state index contributed by atoms with van der Waals surface area (Å²) >= 11 is 0. The normalized spacial score (nSPS) is 20.6. The molecule has 1 aliphatic heterocycles. The van der Waals surface area contributed by atoms with E-state index in [1.54, 1.807) is 0 Å². The van der Waals surface area contributed by atoms with Crippen LogP contribution in [0.5, 0.6) is 0 Å². The highest BCUT2D eigenvalue weighted by Gasteiger charge is 2.16. The van der Waals surface area contributed by atoms with Gasteiger partial charge in [0.2, 0.25) is 0 Å². The van der Waals surface area contributed by atoms with E-state index in [1.807, 2.05) is 13.0 Å². The van der Waals surface area contributed by atoms with Crippen molar-refractivity contribution >= 4 is 11.9 Å². The molecule has 0 unspecified atom stereocenters. The molecule has 21 heavy (non-hydrogen) atoms. The second-order valence-corrected chi connectivity index (χ2v) is 5.55. The number of carboxylic acids is 1. The van der Waals surface area contributed by atoms with Crippen molar-refractivity contribution in [3.05, 3.63) is 36.0 Å². The third kappa shape index (κ3) is 8.12. The molecule has 0 radical (unpaired) electrons. The van der Waals surface area contributed by atoms with Crippen LogP contribution in [0.2, 0.25) is 0 Å². The zero-order valence-corrected chi connectivity index (χ0v) is 12.7. The third-order valence-corrected chi connectivity index (χ3v) is 3.42. The maximum Gasteiger partial charge on any atom is 0.330 e. The Morgan fingerprint density at radius 1 is 1.57 bits per heavy atom. The summed E-state index contributed by atoms with van der Waals surface area (Å²) < 4.78 is 5.22. The lowest BCUT2D eigenvalue weighted by Crippen LogP contribution is -2.20. The third-order valence-electron chi connectivity index (χ3n) is 3.42. The second-order valence-electron chi connectivity index (χ2n) is 5.55. The van der Waals surface area contributed by atoms with Crippen molar-refractivity contribution in [1.29, 1.82) is 0 Å². The number of rotatable bonds is 8. The van der Waals surface area contributed by atoms with Crippen LogP contribution in [0.25, 0.3) is 0 Å². The van der Waals surface area contributed by atoms with Gasteiger partial charge in [0, 0.05) is 18.6 Å². The first-order valence-corrected chi connectivity index (χ1v) is 7.41. The summed E-state index contributed by atoms with van der Waals surface area (Å²) in [6.07, 6.45) is 13.1. The molecule has 0 fully saturated rings. The van der Waals surface area contributed by atoms with E-state index in [0.717, 1.165) is 37.7 Å². The summed E-state index contributed by atoms with van der Waals surface area (Å²) in [5, 5.41) is 8.61. The molecule has 4 nitrogen and oxygen atoms in total. The topological polar surface area (TPSA) is 63.6 Å². The van der Waals surface area contributed by atoms with Gasteiger partial charge in [-0.2, -0.15) is 0 Å². The molecule has 1 heterocycles. The number of carbonyl (C=O) groups excluding carboxylic acids is 1. The molecule has 0 aromatic rings. The lowest BCUT2D eigenvalue weighted by molar-refractivity contribution is -0.144. The van der Waals surface area contributed by atoms with Crippen molar-refractivity contribution < 1.29 is 19.4 Å². The van der Waals surface area contributed by atoms with Crippen molar-refractivity contribution in [2.45, 2.75) is 52.1 Å². The van der Waals surface area contributed by atoms with Crippen LogP contribution in [0.15, 0.2) is 36.0 Å². The molecule has 0 spiro atoms. The highest BCUT2D eigenvalue weighted by molar-refractivity contribution is 5.82. The molecule has 0 aliphatic carbocycles. The number of cyclic esters (lactones) is 1. The minimum Gasteiger partial charge on any atom is -0.478 e. The van der Waals surface area contributed by atoms with Gasteiger partial charge in [-0.15, -0.1) is 0 Å². The molecular weight excluding hydrogens is 268 g/mol. The van der Waals surface area contributed by atoms with E-state index in [9.17, 15) is 9.59 Å². The van der Waals surface area contributed by atoms with Crippen molar-refractivity contribution in [3.8, 4) is 0 Å². The molecule has 1 N–H and O–H groups in total. The van der Waals surface area contributed by atoms with E-state index in [2.05, 4.69) is 19.1 Å². The zero-order valence-electron chi connectivity index (χ0n) is 12.7. The van der Waals surface area contributed by atoms with Gasteiger partial charge >= 0.3 is 11.9 Å². The van der Waals surface area contributed by atoms with Crippen LogP contribution >= 0.6 is 0 Å². The van der Waals surface area contributed by atoms with Gasteiger partial charge in [-0.1, -0.05) is 30.7 Å². The fraction of sp³-hybridized carbons (Fsp3) is 0.529. The van der Waals surface area contributed by atoms with Gasteiger partial charge in [0.1, 0.15) is 6.10 Å². The van der Waals surface area contributed by atoms with E-state index in [0.29, 0.717) is 5.92 Å². The Morgan fingerprint density at radius 2 is 2.33 bits per heavy atom. The summed E-state index contributed by atoms with van der Waals surface area (Å²) in [6.45, 7) is 3.97. The molecule has 4 heteroatoms. The van der Waals surface area contributed by atoms with E-state index >= 15 is 0 Å². The van der Waals surface area contributed by atoms with Crippen LogP contribution in [0.3, 0.4) is 0 Å². The van der Waals surface area contributed by atoms with Crippen LogP contribution in [0.1, 0.15) is 46.0 Å². The van der Waals surface area contributed by atoms with Crippen LogP contribution in [-0.4, -0.2) is 23.1 Å². The van der Waals surface area contributed by atoms with Crippen molar-refractivity contribution in [2.75, 3.05) is 0 Å². The first-order valence-electron chi connectivity index (χ1n) is 7.41. The Bertz CT molecular complexity index is 446. The SMILES string of the molecule is CC(=CC(=O)O)CCC=C[C@@H](C)CC[C@@H]1CC=CC(=O)O1. The van der Waals surface area contributed by atoms with Crippen LogP contribution in [0.4, 0.5) is 0 Å². The van der Waals surface area contributed by atoms with Crippen molar-refractivity contribution in [2.24, 2.45) is 5.92 Å². The summed E-state index contributed by atoms with van der Waals surface area (Å²) in [7, 11) is 0. The fourth-order valence-electron chi connectivity index (χ4n) is 2.21. The number of hydrogen-bond donors (Lipinski definition) is 1. The number of carboxylic acid groups (broad SMARTS) is 1. The van der Waals surface area contributed by atoms with Gasteiger partial charge in [0.25, 0.3) is 0 Å². The van der Waals surface area contributed by atoms with Crippen LogP contribution in [-0.2, 0) is 14.3 Å². The van der Waals surface area contributed by atoms with E-state index in [1.165, 1.54) is 12.2 Å². The quantitative estimate of drug-likeness (QED) is 0.421. The molecule has 0 saturated carbocycles. The standard InChI is InChI=1S/C17H24O4/c1-13(6-3-4-7-14(2)12-16(18)19)10-11-15-8-5-9-17(20)21-15/h3,5-6,9,12-13,15H,4,7-8,10-11H2,1-2H3,(H,18,19)/t13-,15+/m1/s1. The van der Waals surface area contributed by atoms with Crippen molar-refractivity contribution in [3.63, 3.8) is 0 Å². The smallest absolute Gasteiger partial charge is 0.330 e. The van der Waals surface area contributed by atoms with Crippen LogP contribution < -0.4 is 0 Å². The minimum atomic E-state index is -0.888. The predicted molar refractivity (Wildman–Crippen MR) is 81.8 cm³/mol. The average molecular weight is 292 g/mol. The number of hydrogen-bond acceptors (Lipinski definition) is 3. The molecular formula is C17H24O4. The summed E-state index contributed by atoms with van der Waals surface area (Å²) in [4.78, 5) is 21.6. The molecule has 2 atom stereocenters. The Kier molecular flexibility index (Phi) is 7.51. The van der Waals surface area contributed by atoms with Gasteiger partial charge in [0.05, 0.1) is 0 Å². The van der Waals surface area contributed by atoms with Gasteiger partial charge in [-0.05, 0) is 38.5 Å². The molecule has 0 aromatic carbocycles. The minimum absolute atomic E-state index is 0.0131. The monoisotopic (exact) mass is 292 g/mol. The summed E-state index contributed by atoms with van der Waals surface area (Å²) in [5.74, 6) is -0.700. The number of allylic oxidation sites excluding steroid dienone is 3. The van der Waals surface area contributed by atoms with Gasteiger partial charge in [-0.3, -0.25) is 0 Å². The highest BCUT2D eigenvalue weighted by atomic mass is 16.5. The molecule has 0 bridgehead atoms. The molecule has 0 saturated heterocycles.